The van der Waals surface area contributed by atoms with Crippen molar-refractivity contribution in [3.8, 4) is 0 Å². The Balaban J connectivity index is 1.62. The lowest BCUT2D eigenvalue weighted by molar-refractivity contribution is 0.219. The molecule has 0 aliphatic carbocycles. The monoisotopic (exact) mass is 249 g/mol. The Morgan fingerprint density at radius 2 is 2.06 bits per heavy atom. The van der Waals surface area contributed by atoms with E-state index in [4.69, 9.17) is 0 Å². The summed E-state index contributed by atoms with van der Waals surface area (Å²) in [5, 5.41) is 6.07. The van der Waals surface area contributed by atoms with Gasteiger partial charge in [0.05, 0.1) is 0 Å². The zero-order valence-corrected chi connectivity index (χ0v) is 10.0. The quantitative estimate of drug-likeness (QED) is 0.792. The summed E-state index contributed by atoms with van der Waals surface area (Å²) in [5.74, 6) is 0.807. The highest BCUT2D eigenvalue weighted by atomic mass is 19.1. The van der Waals surface area contributed by atoms with E-state index in [9.17, 15) is 9.18 Å². The predicted octanol–water partition coefficient (Wildman–Crippen LogP) is 1.51. The van der Waals surface area contributed by atoms with Crippen LogP contribution in [-0.4, -0.2) is 37.1 Å². The topological polar surface area (TPSA) is 44.4 Å². The summed E-state index contributed by atoms with van der Waals surface area (Å²) in [6, 6.07) is 5.85. The van der Waals surface area contributed by atoms with Gasteiger partial charge in [-0.05, 0) is 30.0 Å². The van der Waals surface area contributed by atoms with Crippen molar-refractivity contribution in [1.29, 1.82) is 0 Å². The summed E-state index contributed by atoms with van der Waals surface area (Å²) in [5.41, 5.74) is 0.509. The molecule has 2 fully saturated rings. The van der Waals surface area contributed by atoms with E-state index in [1.807, 2.05) is 4.90 Å². The van der Waals surface area contributed by atoms with Gasteiger partial charge >= 0.3 is 6.03 Å². The van der Waals surface area contributed by atoms with Gasteiger partial charge in [0.25, 0.3) is 0 Å². The fraction of sp³-hybridized carbons (Fsp3) is 0.462. The van der Waals surface area contributed by atoms with Crippen molar-refractivity contribution in [3.63, 3.8) is 0 Å². The van der Waals surface area contributed by atoms with E-state index >= 15 is 0 Å². The molecule has 0 radical (unpaired) electrons. The molecule has 96 valence electrons. The second-order valence-electron chi connectivity index (χ2n) is 5.02. The maximum Gasteiger partial charge on any atom is 0.321 e. The molecule has 4 nitrogen and oxygen atoms in total. The fourth-order valence-electron chi connectivity index (χ4n) is 2.79. The van der Waals surface area contributed by atoms with Crippen LogP contribution in [0.4, 0.5) is 14.9 Å². The van der Waals surface area contributed by atoms with E-state index in [1.54, 1.807) is 12.1 Å². The largest absolute Gasteiger partial charge is 0.324 e. The van der Waals surface area contributed by atoms with E-state index in [-0.39, 0.29) is 11.8 Å². The van der Waals surface area contributed by atoms with Gasteiger partial charge in [-0.25, -0.2) is 9.18 Å². The highest BCUT2D eigenvalue weighted by Crippen LogP contribution is 2.26. The number of halogens is 1. The van der Waals surface area contributed by atoms with Gasteiger partial charge in [0.15, 0.2) is 0 Å². The minimum Gasteiger partial charge on any atom is -0.324 e. The number of nitrogens with one attached hydrogen (secondary N) is 2. The second kappa shape index (κ2) is 4.57. The first-order chi connectivity index (χ1) is 8.72. The van der Waals surface area contributed by atoms with Crippen LogP contribution >= 0.6 is 0 Å². The Labute approximate surface area is 105 Å². The molecule has 0 aromatic heterocycles. The zero-order valence-electron chi connectivity index (χ0n) is 10.0. The van der Waals surface area contributed by atoms with Crippen LogP contribution in [0.15, 0.2) is 24.3 Å². The number of carbonyl (C=O) groups is 1. The molecule has 1 aromatic rings. The maximum atomic E-state index is 13.0. The third kappa shape index (κ3) is 2.18. The minimum absolute atomic E-state index is 0.130. The van der Waals surface area contributed by atoms with Crippen LogP contribution in [0, 0.1) is 17.7 Å². The number of hydrogen-bond donors (Lipinski definition) is 2. The van der Waals surface area contributed by atoms with E-state index in [2.05, 4.69) is 10.6 Å². The van der Waals surface area contributed by atoms with Gasteiger partial charge in [0.1, 0.15) is 5.82 Å². The second-order valence-corrected chi connectivity index (χ2v) is 5.02. The van der Waals surface area contributed by atoms with Gasteiger partial charge in [-0.2, -0.15) is 0 Å². The molecule has 2 amide bonds. The number of anilines is 1. The first-order valence-corrected chi connectivity index (χ1v) is 6.24. The Morgan fingerprint density at radius 1 is 1.33 bits per heavy atom. The molecule has 18 heavy (non-hydrogen) atoms. The van der Waals surface area contributed by atoms with Crippen LogP contribution < -0.4 is 10.6 Å². The van der Waals surface area contributed by atoms with Crippen molar-refractivity contribution in [2.75, 3.05) is 31.5 Å². The van der Waals surface area contributed by atoms with Crippen LogP contribution in [0.2, 0.25) is 0 Å². The molecule has 2 saturated heterocycles. The number of likely N-dealkylation sites (tertiary alicyclic amines) is 1. The number of amides is 2. The Hall–Kier alpha value is -1.62. The lowest BCUT2D eigenvalue weighted by atomic mass is 10.0. The number of benzene rings is 1. The molecule has 5 heteroatoms. The molecule has 0 spiro atoms. The van der Waals surface area contributed by atoms with Crippen molar-refractivity contribution in [1.82, 2.24) is 10.2 Å². The molecule has 3 rings (SSSR count). The molecule has 0 saturated carbocycles. The van der Waals surface area contributed by atoms with Crippen LogP contribution in [0.5, 0.6) is 0 Å². The van der Waals surface area contributed by atoms with Crippen molar-refractivity contribution < 1.29 is 9.18 Å². The molecule has 2 heterocycles. The van der Waals surface area contributed by atoms with Crippen molar-refractivity contribution in [2.45, 2.75) is 0 Å². The zero-order chi connectivity index (χ0) is 12.5. The fourth-order valence-corrected chi connectivity index (χ4v) is 2.79. The van der Waals surface area contributed by atoms with Crippen LogP contribution in [0.25, 0.3) is 0 Å². The average Bonchev–Trinajstić information content (AvgIpc) is 2.88. The summed E-state index contributed by atoms with van der Waals surface area (Å²) in [6.45, 7) is 3.57. The number of hydrogen-bond acceptors (Lipinski definition) is 2. The maximum absolute atomic E-state index is 13.0. The molecule has 0 unspecified atom stereocenters. The van der Waals surface area contributed by atoms with E-state index in [0.717, 1.165) is 26.2 Å². The summed E-state index contributed by atoms with van der Waals surface area (Å²) in [6.07, 6.45) is 0. The molecule has 2 N–H and O–H groups in total. The molecule has 2 aliphatic heterocycles. The van der Waals surface area contributed by atoms with Crippen LogP contribution in [0.3, 0.4) is 0 Å². The molecule has 0 bridgehead atoms. The third-order valence-corrected chi connectivity index (χ3v) is 3.75. The SMILES string of the molecule is O=C(Nc1cccc(F)c1)N1C[C@H]2CNC[C@H]2C1. The van der Waals surface area contributed by atoms with Gasteiger partial charge in [-0.15, -0.1) is 0 Å². The summed E-state index contributed by atoms with van der Waals surface area (Å²) in [4.78, 5) is 13.8. The Bertz CT molecular complexity index is 453. The molecule has 2 atom stereocenters. The smallest absolute Gasteiger partial charge is 0.321 e. The van der Waals surface area contributed by atoms with Gasteiger partial charge < -0.3 is 15.5 Å². The van der Waals surface area contributed by atoms with E-state index < -0.39 is 0 Å². The number of urea groups is 1. The van der Waals surface area contributed by atoms with Crippen LogP contribution in [0.1, 0.15) is 0 Å². The first-order valence-electron chi connectivity index (χ1n) is 6.24. The Morgan fingerprint density at radius 3 is 2.72 bits per heavy atom. The van der Waals surface area contributed by atoms with E-state index in [0.29, 0.717) is 17.5 Å². The lowest BCUT2D eigenvalue weighted by Gasteiger charge is -2.18. The minimum atomic E-state index is -0.338. The lowest BCUT2D eigenvalue weighted by Crippen LogP contribution is -2.35. The van der Waals surface area contributed by atoms with Crippen molar-refractivity contribution in [2.24, 2.45) is 11.8 Å². The summed E-state index contributed by atoms with van der Waals surface area (Å²) < 4.78 is 13.0. The Kier molecular flexibility index (Phi) is 2.91. The standard InChI is InChI=1S/C13H16FN3O/c14-11-2-1-3-12(4-11)16-13(18)17-7-9-5-15-6-10(9)8-17/h1-4,9-10,15H,5-8H2,(H,16,18)/t9-,10+. The number of carbonyl (C=O) groups excluding carboxylic acids is 1. The molecular formula is C13H16FN3O. The molecule has 1 aromatic carbocycles. The third-order valence-electron chi connectivity index (χ3n) is 3.75. The van der Waals surface area contributed by atoms with Gasteiger partial charge in [-0.3, -0.25) is 0 Å². The highest BCUT2D eigenvalue weighted by molar-refractivity contribution is 5.89. The van der Waals surface area contributed by atoms with Gasteiger partial charge in [-0.1, -0.05) is 6.07 Å². The highest BCUT2D eigenvalue weighted by Gasteiger charge is 2.37. The summed E-state index contributed by atoms with van der Waals surface area (Å²) in [7, 11) is 0. The molecular weight excluding hydrogens is 233 g/mol. The predicted molar refractivity (Wildman–Crippen MR) is 66.8 cm³/mol. The molecule has 2 aliphatic rings. The average molecular weight is 249 g/mol. The van der Waals surface area contributed by atoms with Crippen LogP contribution in [-0.2, 0) is 0 Å². The van der Waals surface area contributed by atoms with Crippen molar-refractivity contribution in [3.05, 3.63) is 30.1 Å². The van der Waals surface area contributed by atoms with Gasteiger partial charge in [0, 0.05) is 31.9 Å². The number of rotatable bonds is 1. The van der Waals surface area contributed by atoms with Gasteiger partial charge in [0.2, 0.25) is 0 Å². The van der Waals surface area contributed by atoms with Crippen molar-refractivity contribution >= 4 is 11.7 Å². The summed E-state index contributed by atoms with van der Waals surface area (Å²) >= 11 is 0. The van der Waals surface area contributed by atoms with E-state index in [1.165, 1.54) is 12.1 Å². The number of nitrogens with zero attached hydrogens (tertiary/aromatic N) is 1. The normalized spacial score (nSPS) is 26.2. The number of fused-ring (bicyclic) bond motifs is 1. The first kappa shape index (κ1) is 11.5.